The number of amides is 2. The maximum absolute atomic E-state index is 11.7. The van der Waals surface area contributed by atoms with Crippen LogP contribution >= 0.6 is 11.8 Å². The lowest BCUT2D eigenvalue weighted by atomic mass is 10.0. The number of nitrogens with zero attached hydrogens (tertiary/aromatic N) is 2. The van der Waals surface area contributed by atoms with E-state index in [-0.39, 0.29) is 11.1 Å². The van der Waals surface area contributed by atoms with E-state index in [1.807, 2.05) is 30.3 Å². The highest BCUT2D eigenvalue weighted by molar-refractivity contribution is 8.18. The van der Waals surface area contributed by atoms with Crippen molar-refractivity contribution in [2.24, 2.45) is 0 Å². The van der Waals surface area contributed by atoms with Crippen molar-refractivity contribution >= 4 is 45.7 Å². The van der Waals surface area contributed by atoms with Crippen LogP contribution in [-0.2, 0) is 4.79 Å². The molecule has 2 aromatic heterocycles. The second-order valence-electron chi connectivity index (χ2n) is 5.46. The first-order valence-corrected chi connectivity index (χ1v) is 8.27. The molecule has 7 heteroatoms. The number of pyridine rings is 2. The fourth-order valence-electron chi connectivity index (χ4n) is 2.64. The van der Waals surface area contributed by atoms with Crippen molar-refractivity contribution in [3.63, 3.8) is 0 Å². The number of rotatable bonds is 2. The second-order valence-corrected chi connectivity index (χ2v) is 6.47. The van der Waals surface area contributed by atoms with E-state index in [2.05, 4.69) is 15.3 Å². The molecule has 0 aliphatic carbocycles. The first-order valence-electron chi connectivity index (χ1n) is 7.46. The van der Waals surface area contributed by atoms with Gasteiger partial charge in [0.2, 0.25) is 0 Å². The Morgan fingerprint density at radius 2 is 1.96 bits per heavy atom. The van der Waals surface area contributed by atoms with Crippen LogP contribution in [0.15, 0.2) is 53.7 Å². The van der Waals surface area contributed by atoms with Gasteiger partial charge in [0, 0.05) is 23.3 Å². The highest BCUT2D eigenvalue weighted by atomic mass is 32.2. The quantitative estimate of drug-likeness (QED) is 0.690. The number of hydrogen-bond donors (Lipinski definition) is 2. The summed E-state index contributed by atoms with van der Waals surface area (Å²) in [5.41, 5.74) is 9.20. The van der Waals surface area contributed by atoms with Gasteiger partial charge in [0.15, 0.2) is 0 Å². The van der Waals surface area contributed by atoms with Crippen LogP contribution in [0.4, 0.5) is 10.6 Å². The average molecular weight is 348 g/mol. The molecule has 3 heterocycles. The molecule has 1 fully saturated rings. The summed E-state index contributed by atoms with van der Waals surface area (Å²) in [5, 5.41) is 2.83. The van der Waals surface area contributed by atoms with Crippen LogP contribution in [0.25, 0.3) is 28.1 Å². The maximum atomic E-state index is 11.7. The monoisotopic (exact) mass is 348 g/mol. The molecule has 1 aliphatic rings. The summed E-state index contributed by atoms with van der Waals surface area (Å²) < 4.78 is 0. The Morgan fingerprint density at radius 3 is 2.68 bits per heavy atom. The number of nitrogen functional groups attached to an aromatic ring is 1. The molecule has 0 radical (unpaired) electrons. The van der Waals surface area contributed by atoms with Gasteiger partial charge in [-0.3, -0.25) is 19.9 Å². The molecular weight excluding hydrogens is 336 g/mol. The molecule has 1 aliphatic heterocycles. The SMILES string of the molecule is Nc1ccc(-c2ccnc3ccc(/C=C4\SC(=O)NC4=O)cc23)cn1. The number of anilines is 1. The highest BCUT2D eigenvalue weighted by Gasteiger charge is 2.24. The summed E-state index contributed by atoms with van der Waals surface area (Å²) in [5.74, 6) is 0.0886. The summed E-state index contributed by atoms with van der Waals surface area (Å²) in [6, 6.07) is 11.3. The van der Waals surface area contributed by atoms with Crippen molar-refractivity contribution in [3.05, 3.63) is 59.3 Å². The fourth-order valence-corrected chi connectivity index (χ4v) is 3.32. The molecule has 3 N–H and O–H groups in total. The van der Waals surface area contributed by atoms with Crippen molar-refractivity contribution in [1.82, 2.24) is 15.3 Å². The van der Waals surface area contributed by atoms with Crippen molar-refractivity contribution in [3.8, 4) is 11.1 Å². The summed E-state index contributed by atoms with van der Waals surface area (Å²) in [6.45, 7) is 0. The third-order valence-electron chi connectivity index (χ3n) is 3.80. The molecule has 0 unspecified atom stereocenters. The van der Waals surface area contributed by atoms with Gasteiger partial charge in [-0.05, 0) is 59.3 Å². The molecule has 6 nitrogen and oxygen atoms in total. The molecule has 4 rings (SSSR count). The minimum Gasteiger partial charge on any atom is -0.384 e. The zero-order chi connectivity index (χ0) is 17.4. The molecule has 2 amide bonds. The lowest BCUT2D eigenvalue weighted by Crippen LogP contribution is -2.17. The highest BCUT2D eigenvalue weighted by Crippen LogP contribution is 2.30. The zero-order valence-electron chi connectivity index (χ0n) is 12.9. The Labute approximate surface area is 147 Å². The smallest absolute Gasteiger partial charge is 0.290 e. The number of nitrogens with one attached hydrogen (secondary N) is 1. The van der Waals surface area contributed by atoms with E-state index in [4.69, 9.17) is 5.73 Å². The molecule has 0 atom stereocenters. The molecule has 122 valence electrons. The normalized spacial score (nSPS) is 15.8. The Hall–Kier alpha value is -3.19. The number of benzene rings is 1. The third-order valence-corrected chi connectivity index (χ3v) is 4.61. The van der Waals surface area contributed by atoms with Gasteiger partial charge in [0.1, 0.15) is 5.82 Å². The van der Waals surface area contributed by atoms with E-state index < -0.39 is 0 Å². The molecular formula is C18H12N4O2S. The average Bonchev–Trinajstić information content (AvgIpc) is 2.92. The number of carbonyl (C=O) groups excluding carboxylic acids is 2. The predicted octanol–water partition coefficient (Wildman–Crippen LogP) is 3.20. The topological polar surface area (TPSA) is 98.0 Å². The number of nitrogens with two attached hydrogens (primary N) is 1. The molecule has 0 bridgehead atoms. The van der Waals surface area contributed by atoms with Gasteiger partial charge < -0.3 is 5.73 Å². The van der Waals surface area contributed by atoms with E-state index in [0.717, 1.165) is 39.4 Å². The summed E-state index contributed by atoms with van der Waals surface area (Å²) >= 11 is 0.898. The number of carbonyl (C=O) groups is 2. The first-order chi connectivity index (χ1) is 12.1. The van der Waals surface area contributed by atoms with Gasteiger partial charge in [-0.15, -0.1) is 0 Å². The zero-order valence-corrected chi connectivity index (χ0v) is 13.7. The number of hydrogen-bond acceptors (Lipinski definition) is 6. The Kier molecular flexibility index (Phi) is 3.70. The number of thioether (sulfide) groups is 1. The van der Waals surface area contributed by atoms with Crippen LogP contribution in [0.1, 0.15) is 5.56 Å². The second kappa shape index (κ2) is 6.03. The van der Waals surface area contributed by atoms with Crippen molar-refractivity contribution in [2.75, 3.05) is 5.73 Å². The number of imide groups is 1. The van der Waals surface area contributed by atoms with Crippen LogP contribution in [-0.4, -0.2) is 21.1 Å². The lowest BCUT2D eigenvalue weighted by Gasteiger charge is -2.07. The molecule has 0 saturated carbocycles. The van der Waals surface area contributed by atoms with Crippen LogP contribution in [0.2, 0.25) is 0 Å². The Morgan fingerprint density at radius 1 is 1.08 bits per heavy atom. The van der Waals surface area contributed by atoms with Gasteiger partial charge in [-0.1, -0.05) is 6.07 Å². The van der Waals surface area contributed by atoms with Gasteiger partial charge in [-0.25, -0.2) is 4.98 Å². The van der Waals surface area contributed by atoms with Crippen molar-refractivity contribution in [1.29, 1.82) is 0 Å². The van der Waals surface area contributed by atoms with E-state index in [0.29, 0.717) is 10.7 Å². The van der Waals surface area contributed by atoms with E-state index >= 15 is 0 Å². The molecule has 1 aromatic carbocycles. The minimum absolute atomic E-state index is 0.354. The van der Waals surface area contributed by atoms with Crippen LogP contribution in [0.3, 0.4) is 0 Å². The largest absolute Gasteiger partial charge is 0.384 e. The Bertz CT molecular complexity index is 1040. The predicted molar refractivity (Wildman–Crippen MR) is 98.5 cm³/mol. The van der Waals surface area contributed by atoms with Gasteiger partial charge in [-0.2, -0.15) is 0 Å². The maximum Gasteiger partial charge on any atom is 0.290 e. The standard InChI is InChI=1S/C18H12N4O2S/c19-16-4-2-11(9-21-16)12-5-6-20-14-3-1-10(7-13(12)14)8-15-17(23)22-18(24)25-15/h1-9H,(H2,19,21)(H,22,23,24)/b15-8-. The van der Waals surface area contributed by atoms with Crippen LogP contribution < -0.4 is 11.1 Å². The first kappa shape index (κ1) is 15.3. The molecule has 25 heavy (non-hydrogen) atoms. The lowest BCUT2D eigenvalue weighted by molar-refractivity contribution is -0.115. The third kappa shape index (κ3) is 2.97. The molecule has 0 spiro atoms. The minimum atomic E-state index is -0.371. The summed E-state index contributed by atoms with van der Waals surface area (Å²) in [7, 11) is 0. The van der Waals surface area contributed by atoms with Crippen LogP contribution in [0.5, 0.6) is 0 Å². The van der Waals surface area contributed by atoms with E-state index in [9.17, 15) is 9.59 Å². The fraction of sp³-hybridized carbons (Fsp3) is 0. The molecule has 1 saturated heterocycles. The summed E-state index contributed by atoms with van der Waals surface area (Å²) in [4.78, 5) is 31.9. The van der Waals surface area contributed by atoms with E-state index in [1.54, 1.807) is 24.5 Å². The van der Waals surface area contributed by atoms with Crippen LogP contribution in [0, 0.1) is 0 Å². The van der Waals surface area contributed by atoms with E-state index in [1.165, 1.54) is 0 Å². The molecule has 3 aromatic rings. The van der Waals surface area contributed by atoms with Crippen molar-refractivity contribution < 1.29 is 9.59 Å². The van der Waals surface area contributed by atoms with Gasteiger partial charge >= 0.3 is 0 Å². The van der Waals surface area contributed by atoms with Crippen molar-refractivity contribution in [2.45, 2.75) is 0 Å². The Balaban J connectivity index is 1.83. The van der Waals surface area contributed by atoms with Gasteiger partial charge in [0.05, 0.1) is 10.4 Å². The summed E-state index contributed by atoms with van der Waals surface area (Å²) in [6.07, 6.45) is 5.15. The van der Waals surface area contributed by atoms with Gasteiger partial charge in [0.25, 0.3) is 11.1 Å². The number of aromatic nitrogens is 2. The number of fused-ring (bicyclic) bond motifs is 1.